The van der Waals surface area contributed by atoms with E-state index in [1.807, 2.05) is 19.3 Å². The number of pyridine rings is 1. The Morgan fingerprint density at radius 1 is 1.30 bits per heavy atom. The van der Waals surface area contributed by atoms with Crippen molar-refractivity contribution in [2.75, 3.05) is 7.05 Å². The van der Waals surface area contributed by atoms with Crippen LogP contribution < -0.4 is 5.32 Å². The number of aryl methyl sites for hydroxylation is 1. The van der Waals surface area contributed by atoms with Crippen LogP contribution in [0, 0.1) is 3.57 Å². The molecule has 0 fully saturated rings. The van der Waals surface area contributed by atoms with Crippen LogP contribution in [-0.4, -0.2) is 12.0 Å². The van der Waals surface area contributed by atoms with E-state index >= 15 is 0 Å². The minimum atomic E-state index is 0.226. The zero-order valence-electron chi connectivity index (χ0n) is 11.7. The minimum Gasteiger partial charge on any atom is -0.313 e. The van der Waals surface area contributed by atoms with Gasteiger partial charge >= 0.3 is 0 Å². The molecule has 0 aliphatic heterocycles. The predicted molar refractivity (Wildman–Crippen MR) is 93.3 cm³/mol. The zero-order valence-corrected chi connectivity index (χ0v) is 14.6. The summed E-state index contributed by atoms with van der Waals surface area (Å²) in [5.74, 6) is 0. The van der Waals surface area contributed by atoms with Gasteiger partial charge in [0.15, 0.2) is 0 Å². The molecule has 1 atom stereocenters. The molecule has 2 nitrogen and oxygen atoms in total. The summed E-state index contributed by atoms with van der Waals surface area (Å²) in [6.07, 6.45) is 3.84. The molecule has 2 rings (SSSR count). The van der Waals surface area contributed by atoms with Gasteiger partial charge in [-0.1, -0.05) is 30.7 Å². The van der Waals surface area contributed by atoms with Crippen molar-refractivity contribution in [3.63, 3.8) is 0 Å². The SMILES string of the molecule is CCc1ccc(CC(NC)c2ccc(I)c(Cl)c2)nc1. The molecule has 0 bridgehead atoms. The van der Waals surface area contributed by atoms with Gasteiger partial charge < -0.3 is 5.32 Å². The van der Waals surface area contributed by atoms with Crippen LogP contribution in [0.5, 0.6) is 0 Å². The van der Waals surface area contributed by atoms with E-state index in [0.717, 1.165) is 27.1 Å². The maximum absolute atomic E-state index is 6.21. The molecule has 1 N–H and O–H groups in total. The second-order valence-corrected chi connectivity index (χ2v) is 6.30. The van der Waals surface area contributed by atoms with E-state index in [-0.39, 0.29) is 6.04 Å². The smallest absolute Gasteiger partial charge is 0.0542 e. The lowest BCUT2D eigenvalue weighted by Crippen LogP contribution is -2.19. The number of nitrogens with zero attached hydrogens (tertiary/aromatic N) is 1. The monoisotopic (exact) mass is 400 g/mol. The van der Waals surface area contributed by atoms with Crippen LogP contribution in [-0.2, 0) is 12.8 Å². The number of benzene rings is 1. The molecule has 0 saturated carbocycles. The number of nitrogens with one attached hydrogen (secondary N) is 1. The van der Waals surface area contributed by atoms with Gasteiger partial charge in [-0.05, 0) is 65.4 Å². The summed E-state index contributed by atoms with van der Waals surface area (Å²) in [5, 5.41) is 4.14. The van der Waals surface area contributed by atoms with E-state index in [4.69, 9.17) is 11.6 Å². The summed E-state index contributed by atoms with van der Waals surface area (Å²) in [4.78, 5) is 4.53. The number of halogens is 2. The van der Waals surface area contributed by atoms with Crippen LogP contribution in [0.15, 0.2) is 36.5 Å². The summed E-state index contributed by atoms with van der Waals surface area (Å²) < 4.78 is 1.08. The predicted octanol–water partition coefficient (Wildman–Crippen LogP) is 4.41. The van der Waals surface area contributed by atoms with Gasteiger partial charge in [-0.3, -0.25) is 4.98 Å². The Balaban J connectivity index is 2.16. The largest absolute Gasteiger partial charge is 0.313 e. The van der Waals surface area contributed by atoms with Gasteiger partial charge in [-0.25, -0.2) is 0 Å². The summed E-state index contributed by atoms with van der Waals surface area (Å²) in [5.41, 5.74) is 3.56. The Bertz CT molecular complexity index is 569. The second kappa shape index (κ2) is 7.38. The van der Waals surface area contributed by atoms with Crippen molar-refractivity contribution in [3.05, 3.63) is 61.9 Å². The lowest BCUT2D eigenvalue weighted by atomic mass is 10.0. The first-order valence-electron chi connectivity index (χ1n) is 6.70. The molecule has 0 aliphatic carbocycles. The molecule has 0 aliphatic rings. The molecular weight excluding hydrogens is 383 g/mol. The average Bonchev–Trinajstić information content (AvgIpc) is 2.48. The highest BCUT2D eigenvalue weighted by atomic mass is 127. The lowest BCUT2D eigenvalue weighted by Gasteiger charge is -2.17. The van der Waals surface area contributed by atoms with Gasteiger partial charge in [0.1, 0.15) is 0 Å². The molecule has 106 valence electrons. The van der Waals surface area contributed by atoms with Gasteiger partial charge in [0.25, 0.3) is 0 Å². The van der Waals surface area contributed by atoms with E-state index in [1.165, 1.54) is 11.1 Å². The number of rotatable bonds is 5. The van der Waals surface area contributed by atoms with Crippen molar-refractivity contribution < 1.29 is 0 Å². The van der Waals surface area contributed by atoms with Crippen LogP contribution in [0.25, 0.3) is 0 Å². The summed E-state index contributed by atoms with van der Waals surface area (Å²) >= 11 is 8.45. The third-order valence-electron chi connectivity index (χ3n) is 3.40. The van der Waals surface area contributed by atoms with Gasteiger partial charge in [0.05, 0.1) is 5.02 Å². The summed E-state index contributed by atoms with van der Waals surface area (Å²) in [7, 11) is 1.97. The van der Waals surface area contributed by atoms with Gasteiger partial charge in [0.2, 0.25) is 0 Å². The first kappa shape index (κ1) is 15.7. The second-order valence-electron chi connectivity index (χ2n) is 4.73. The molecule has 0 saturated heterocycles. The molecule has 4 heteroatoms. The van der Waals surface area contributed by atoms with Crippen molar-refractivity contribution in [2.24, 2.45) is 0 Å². The molecule has 0 radical (unpaired) electrons. The molecule has 0 spiro atoms. The highest BCUT2D eigenvalue weighted by Crippen LogP contribution is 2.24. The zero-order chi connectivity index (χ0) is 14.5. The van der Waals surface area contributed by atoms with Crippen molar-refractivity contribution in [2.45, 2.75) is 25.8 Å². The fourth-order valence-corrected chi connectivity index (χ4v) is 2.63. The van der Waals surface area contributed by atoms with Crippen LogP contribution in [0.1, 0.15) is 29.8 Å². The van der Waals surface area contributed by atoms with Crippen molar-refractivity contribution in [3.8, 4) is 0 Å². The van der Waals surface area contributed by atoms with E-state index in [9.17, 15) is 0 Å². The summed E-state index contributed by atoms with van der Waals surface area (Å²) in [6.45, 7) is 2.14. The highest BCUT2D eigenvalue weighted by Gasteiger charge is 2.12. The maximum Gasteiger partial charge on any atom is 0.0542 e. The molecule has 2 aromatic rings. The Morgan fingerprint density at radius 2 is 2.10 bits per heavy atom. The minimum absolute atomic E-state index is 0.226. The summed E-state index contributed by atoms with van der Waals surface area (Å²) in [6, 6.07) is 10.7. The number of hydrogen-bond acceptors (Lipinski definition) is 2. The Hall–Kier alpha value is -0.650. The molecule has 1 heterocycles. The first-order valence-corrected chi connectivity index (χ1v) is 8.15. The van der Waals surface area contributed by atoms with Crippen LogP contribution >= 0.6 is 34.2 Å². The van der Waals surface area contributed by atoms with E-state index in [1.54, 1.807) is 0 Å². The number of hydrogen-bond donors (Lipinski definition) is 1. The molecular formula is C16H18ClIN2. The quantitative estimate of drug-likeness (QED) is 0.752. The molecule has 1 unspecified atom stereocenters. The van der Waals surface area contributed by atoms with Crippen molar-refractivity contribution >= 4 is 34.2 Å². The van der Waals surface area contributed by atoms with Crippen LogP contribution in [0.4, 0.5) is 0 Å². The number of likely N-dealkylation sites (N-methyl/N-ethyl adjacent to an activating group) is 1. The average molecular weight is 401 g/mol. The highest BCUT2D eigenvalue weighted by molar-refractivity contribution is 14.1. The van der Waals surface area contributed by atoms with Crippen molar-refractivity contribution in [1.82, 2.24) is 10.3 Å². The van der Waals surface area contributed by atoms with E-state index in [2.05, 4.69) is 64.1 Å². The van der Waals surface area contributed by atoms with E-state index in [0.29, 0.717) is 0 Å². The topological polar surface area (TPSA) is 24.9 Å². The third-order valence-corrected chi connectivity index (χ3v) is 4.97. The number of aromatic nitrogens is 1. The fraction of sp³-hybridized carbons (Fsp3) is 0.312. The van der Waals surface area contributed by atoms with Crippen LogP contribution in [0.3, 0.4) is 0 Å². The molecule has 0 amide bonds. The van der Waals surface area contributed by atoms with Crippen LogP contribution in [0.2, 0.25) is 5.02 Å². The Morgan fingerprint density at radius 3 is 2.65 bits per heavy atom. The molecule has 1 aromatic heterocycles. The van der Waals surface area contributed by atoms with Gasteiger partial charge in [-0.15, -0.1) is 0 Å². The molecule has 1 aromatic carbocycles. The lowest BCUT2D eigenvalue weighted by molar-refractivity contribution is 0.584. The Kier molecular flexibility index (Phi) is 5.81. The normalized spacial score (nSPS) is 12.4. The fourth-order valence-electron chi connectivity index (χ4n) is 2.11. The maximum atomic E-state index is 6.21. The van der Waals surface area contributed by atoms with Gasteiger partial charge in [0, 0.05) is 27.9 Å². The molecule has 20 heavy (non-hydrogen) atoms. The van der Waals surface area contributed by atoms with Gasteiger partial charge in [-0.2, -0.15) is 0 Å². The Labute approximate surface area is 139 Å². The third kappa shape index (κ3) is 3.93. The first-order chi connectivity index (χ1) is 9.63. The van der Waals surface area contributed by atoms with E-state index < -0.39 is 0 Å². The standard InChI is InChI=1S/C16H18ClIN2/c1-3-11-4-6-13(20-10-11)9-16(19-2)12-5-7-15(18)14(17)8-12/h4-8,10,16,19H,3,9H2,1-2H3. The van der Waals surface area contributed by atoms with Crippen molar-refractivity contribution in [1.29, 1.82) is 0 Å².